The van der Waals surface area contributed by atoms with Crippen molar-refractivity contribution in [2.24, 2.45) is 0 Å². The highest BCUT2D eigenvalue weighted by molar-refractivity contribution is 7.21. The van der Waals surface area contributed by atoms with Crippen molar-refractivity contribution >= 4 is 21.6 Å². The first-order valence-electron chi connectivity index (χ1n) is 7.07. The van der Waals surface area contributed by atoms with Crippen LogP contribution in [0.25, 0.3) is 20.8 Å². The van der Waals surface area contributed by atoms with Gasteiger partial charge in [0.05, 0.1) is 10.2 Å². The Morgan fingerprint density at radius 3 is 2.45 bits per heavy atom. The summed E-state index contributed by atoms with van der Waals surface area (Å²) in [6.45, 7) is 6.85. The number of fused-ring (bicyclic) bond motifs is 1. The zero-order chi connectivity index (χ0) is 14.2. The fourth-order valence-corrected chi connectivity index (χ4v) is 3.44. The molecule has 3 aromatic rings. The molecule has 3 rings (SSSR count). The van der Waals surface area contributed by atoms with Crippen LogP contribution in [0.4, 0.5) is 0 Å². The maximum Gasteiger partial charge on any atom is 0.124 e. The maximum atomic E-state index is 4.81. The number of para-hydroxylation sites is 1. The summed E-state index contributed by atoms with van der Waals surface area (Å²) in [6, 6.07) is 17.0. The van der Waals surface area contributed by atoms with Crippen molar-refractivity contribution < 1.29 is 0 Å². The van der Waals surface area contributed by atoms with Crippen LogP contribution in [-0.2, 0) is 5.41 Å². The second-order valence-electron chi connectivity index (χ2n) is 5.77. The fourth-order valence-electron chi connectivity index (χ4n) is 2.44. The molecule has 2 heteroatoms. The molecule has 0 saturated heterocycles. The van der Waals surface area contributed by atoms with Crippen molar-refractivity contribution in [3.8, 4) is 10.6 Å². The molecule has 20 heavy (non-hydrogen) atoms. The third-order valence-electron chi connectivity index (χ3n) is 4.06. The van der Waals surface area contributed by atoms with Gasteiger partial charge in [-0.1, -0.05) is 57.2 Å². The second-order valence-corrected chi connectivity index (χ2v) is 6.80. The summed E-state index contributed by atoms with van der Waals surface area (Å²) in [6.07, 6.45) is 1.12. The van der Waals surface area contributed by atoms with Crippen LogP contribution >= 0.6 is 11.3 Å². The van der Waals surface area contributed by atoms with Gasteiger partial charge in [0, 0.05) is 5.56 Å². The molecule has 2 aromatic carbocycles. The molecule has 0 aliphatic rings. The molecule has 0 aliphatic heterocycles. The van der Waals surface area contributed by atoms with Crippen LogP contribution in [0.2, 0.25) is 0 Å². The van der Waals surface area contributed by atoms with Crippen LogP contribution in [0.1, 0.15) is 32.8 Å². The Labute approximate surface area is 124 Å². The summed E-state index contributed by atoms with van der Waals surface area (Å²) >= 11 is 1.78. The van der Waals surface area contributed by atoms with Crippen molar-refractivity contribution in [2.75, 3.05) is 0 Å². The first-order chi connectivity index (χ1) is 9.62. The molecule has 1 nitrogen and oxygen atoms in total. The number of thiazole rings is 1. The van der Waals surface area contributed by atoms with Gasteiger partial charge < -0.3 is 0 Å². The molecule has 0 N–H and O–H groups in total. The highest BCUT2D eigenvalue weighted by Crippen LogP contribution is 2.38. The summed E-state index contributed by atoms with van der Waals surface area (Å²) in [5.74, 6) is 0. The minimum absolute atomic E-state index is 0.175. The van der Waals surface area contributed by atoms with Gasteiger partial charge in [0.25, 0.3) is 0 Å². The quantitative estimate of drug-likeness (QED) is 0.604. The van der Waals surface area contributed by atoms with Gasteiger partial charge in [0.2, 0.25) is 0 Å². The number of hydrogen-bond donors (Lipinski definition) is 0. The van der Waals surface area contributed by atoms with Gasteiger partial charge in [-0.15, -0.1) is 11.3 Å². The number of rotatable bonds is 3. The zero-order valence-corrected chi connectivity index (χ0v) is 13.0. The van der Waals surface area contributed by atoms with E-state index >= 15 is 0 Å². The molecule has 102 valence electrons. The molecule has 0 bridgehead atoms. The lowest BCUT2D eigenvalue weighted by atomic mass is 9.80. The Morgan fingerprint density at radius 1 is 1.00 bits per heavy atom. The summed E-state index contributed by atoms with van der Waals surface area (Å²) < 4.78 is 1.26. The highest BCUT2D eigenvalue weighted by Gasteiger charge is 2.22. The van der Waals surface area contributed by atoms with E-state index in [9.17, 15) is 0 Å². The van der Waals surface area contributed by atoms with Gasteiger partial charge in [0.15, 0.2) is 0 Å². The predicted molar refractivity (Wildman–Crippen MR) is 88.4 cm³/mol. The standard InChI is InChI=1S/C18H19NS/c1-4-18(2,3)14-10-6-5-9-13(14)17-19-15-11-7-8-12-16(15)20-17/h5-12H,4H2,1-3H3. The van der Waals surface area contributed by atoms with Crippen molar-refractivity contribution in [2.45, 2.75) is 32.6 Å². The largest absolute Gasteiger partial charge is 0.236 e. The van der Waals surface area contributed by atoms with Crippen molar-refractivity contribution in [3.63, 3.8) is 0 Å². The Hall–Kier alpha value is -1.67. The van der Waals surface area contributed by atoms with Gasteiger partial charge in [-0.25, -0.2) is 4.98 Å². The lowest BCUT2D eigenvalue weighted by Crippen LogP contribution is -2.16. The van der Waals surface area contributed by atoms with E-state index < -0.39 is 0 Å². The molecule has 0 saturated carbocycles. The molecule has 0 spiro atoms. The van der Waals surface area contributed by atoms with Crippen molar-refractivity contribution in [1.82, 2.24) is 4.98 Å². The van der Waals surface area contributed by atoms with E-state index in [1.165, 1.54) is 15.8 Å². The lowest BCUT2D eigenvalue weighted by Gasteiger charge is -2.25. The molecule has 1 heterocycles. The second kappa shape index (κ2) is 5.02. The normalized spacial score (nSPS) is 11.9. The molecule has 0 aliphatic carbocycles. The average Bonchev–Trinajstić information content (AvgIpc) is 2.91. The smallest absolute Gasteiger partial charge is 0.124 e. The van der Waals surface area contributed by atoms with Crippen LogP contribution in [0.3, 0.4) is 0 Å². The minimum Gasteiger partial charge on any atom is -0.236 e. The third kappa shape index (κ3) is 2.25. The zero-order valence-electron chi connectivity index (χ0n) is 12.2. The van der Waals surface area contributed by atoms with Crippen molar-refractivity contribution in [1.29, 1.82) is 0 Å². The van der Waals surface area contributed by atoms with Crippen LogP contribution in [0, 0.1) is 0 Å². The molecule has 0 unspecified atom stereocenters. The van der Waals surface area contributed by atoms with Crippen molar-refractivity contribution in [3.05, 3.63) is 54.1 Å². The predicted octanol–water partition coefficient (Wildman–Crippen LogP) is 5.65. The van der Waals surface area contributed by atoms with E-state index in [1.807, 2.05) is 6.07 Å². The molecule has 0 atom stereocenters. The number of nitrogens with zero attached hydrogens (tertiary/aromatic N) is 1. The van der Waals surface area contributed by atoms with E-state index in [2.05, 4.69) is 63.2 Å². The Kier molecular flexibility index (Phi) is 3.35. The Bertz CT molecular complexity index is 707. The summed E-state index contributed by atoms with van der Waals surface area (Å²) in [5, 5.41) is 1.13. The topological polar surface area (TPSA) is 12.9 Å². The molecule has 1 aromatic heterocycles. The van der Waals surface area contributed by atoms with Gasteiger partial charge >= 0.3 is 0 Å². The number of benzene rings is 2. The molecular formula is C18H19NS. The van der Waals surface area contributed by atoms with Gasteiger partial charge in [0.1, 0.15) is 5.01 Å². The Balaban J connectivity index is 2.19. The van der Waals surface area contributed by atoms with E-state index in [-0.39, 0.29) is 5.41 Å². The van der Waals surface area contributed by atoms with Crippen LogP contribution < -0.4 is 0 Å². The maximum absolute atomic E-state index is 4.81. The fraction of sp³-hybridized carbons (Fsp3) is 0.278. The van der Waals surface area contributed by atoms with Gasteiger partial charge in [-0.3, -0.25) is 0 Å². The first kappa shape index (κ1) is 13.3. The average molecular weight is 281 g/mol. The molecule has 0 amide bonds. The SMILES string of the molecule is CCC(C)(C)c1ccccc1-c1nc2ccccc2s1. The minimum atomic E-state index is 0.175. The van der Waals surface area contributed by atoms with Crippen LogP contribution in [0.15, 0.2) is 48.5 Å². The van der Waals surface area contributed by atoms with E-state index in [4.69, 9.17) is 4.98 Å². The molecule has 0 fully saturated rings. The number of hydrogen-bond acceptors (Lipinski definition) is 2. The Morgan fingerprint density at radius 2 is 1.70 bits per heavy atom. The van der Waals surface area contributed by atoms with Gasteiger partial charge in [-0.05, 0) is 29.5 Å². The lowest BCUT2D eigenvalue weighted by molar-refractivity contribution is 0.507. The third-order valence-corrected chi connectivity index (χ3v) is 5.13. The summed E-state index contributed by atoms with van der Waals surface area (Å²) in [4.78, 5) is 4.81. The van der Waals surface area contributed by atoms with Crippen LogP contribution in [0.5, 0.6) is 0 Å². The molecular weight excluding hydrogens is 262 g/mol. The first-order valence-corrected chi connectivity index (χ1v) is 7.89. The van der Waals surface area contributed by atoms with E-state index in [1.54, 1.807) is 11.3 Å². The van der Waals surface area contributed by atoms with E-state index in [0.717, 1.165) is 16.9 Å². The highest BCUT2D eigenvalue weighted by atomic mass is 32.1. The monoisotopic (exact) mass is 281 g/mol. The molecule has 0 radical (unpaired) electrons. The number of aromatic nitrogens is 1. The van der Waals surface area contributed by atoms with E-state index in [0.29, 0.717) is 0 Å². The van der Waals surface area contributed by atoms with Crippen LogP contribution in [-0.4, -0.2) is 4.98 Å². The summed E-state index contributed by atoms with van der Waals surface area (Å²) in [5.41, 5.74) is 3.94. The van der Waals surface area contributed by atoms with Gasteiger partial charge in [-0.2, -0.15) is 0 Å². The summed E-state index contributed by atoms with van der Waals surface area (Å²) in [7, 11) is 0.